The highest BCUT2D eigenvalue weighted by Crippen LogP contribution is 2.30. The fourth-order valence-corrected chi connectivity index (χ4v) is 3.17. The van der Waals surface area contributed by atoms with Crippen molar-refractivity contribution in [3.63, 3.8) is 0 Å². The van der Waals surface area contributed by atoms with Crippen LogP contribution in [-0.2, 0) is 5.41 Å². The molecule has 2 atom stereocenters. The molecule has 0 saturated heterocycles. The predicted molar refractivity (Wildman–Crippen MR) is 83.7 cm³/mol. The second-order valence-corrected chi connectivity index (χ2v) is 7.40. The molecule has 0 aromatic carbocycles. The lowest BCUT2D eigenvalue weighted by molar-refractivity contribution is 0.546. The molecule has 1 aliphatic rings. The highest BCUT2D eigenvalue weighted by molar-refractivity contribution is 7.99. The molecule has 0 spiro atoms. The van der Waals surface area contributed by atoms with Crippen molar-refractivity contribution in [1.82, 2.24) is 9.97 Å². The van der Waals surface area contributed by atoms with Gasteiger partial charge in [0.2, 0.25) is 0 Å². The fourth-order valence-electron chi connectivity index (χ4n) is 2.37. The van der Waals surface area contributed by atoms with Gasteiger partial charge >= 0.3 is 0 Å². The maximum atomic E-state index is 5.89. The zero-order valence-corrected chi connectivity index (χ0v) is 13.0. The van der Waals surface area contributed by atoms with Gasteiger partial charge in [-0.25, -0.2) is 9.97 Å². The van der Waals surface area contributed by atoms with E-state index in [2.05, 4.69) is 42.3 Å². The third-order valence-corrected chi connectivity index (χ3v) is 4.58. The lowest BCUT2D eigenvalue weighted by atomic mass is 9.96. The van der Waals surface area contributed by atoms with Crippen LogP contribution in [0.5, 0.6) is 0 Å². The molecule has 2 rings (SSSR count). The summed E-state index contributed by atoms with van der Waals surface area (Å²) in [6.07, 6.45) is 5.88. The van der Waals surface area contributed by atoms with Crippen molar-refractivity contribution in [1.29, 1.82) is 0 Å². The van der Waals surface area contributed by atoms with Crippen LogP contribution in [0.15, 0.2) is 6.07 Å². The van der Waals surface area contributed by atoms with Crippen LogP contribution in [0.1, 0.15) is 45.9 Å². The van der Waals surface area contributed by atoms with Crippen LogP contribution < -0.4 is 11.1 Å². The second-order valence-electron chi connectivity index (χ2n) is 6.26. The summed E-state index contributed by atoms with van der Waals surface area (Å²) in [5.41, 5.74) is 5.81. The summed E-state index contributed by atoms with van der Waals surface area (Å²) < 4.78 is 0. The number of nitrogens with one attached hydrogen (secondary N) is 1. The van der Waals surface area contributed by atoms with E-state index in [4.69, 9.17) is 5.73 Å². The Morgan fingerprint density at radius 1 is 1.32 bits per heavy atom. The van der Waals surface area contributed by atoms with E-state index in [1.165, 1.54) is 19.3 Å². The van der Waals surface area contributed by atoms with Gasteiger partial charge in [-0.3, -0.25) is 0 Å². The van der Waals surface area contributed by atoms with Gasteiger partial charge in [0.15, 0.2) is 0 Å². The average Bonchev–Trinajstić information content (AvgIpc) is 2.75. The topological polar surface area (TPSA) is 63.8 Å². The molecule has 3 N–H and O–H groups in total. The highest BCUT2D eigenvalue weighted by atomic mass is 32.2. The maximum Gasteiger partial charge on any atom is 0.138 e. The van der Waals surface area contributed by atoms with E-state index in [9.17, 15) is 0 Å². The van der Waals surface area contributed by atoms with E-state index in [1.807, 2.05) is 17.8 Å². The molecule has 1 aliphatic carbocycles. The van der Waals surface area contributed by atoms with Crippen molar-refractivity contribution in [3.8, 4) is 0 Å². The molecule has 19 heavy (non-hydrogen) atoms. The SMILES string of the molecule is CSC1CCC(Nc2cc(N)nc(C(C)(C)C)n2)C1. The Hall–Kier alpha value is -0.970. The number of hydrogen-bond donors (Lipinski definition) is 2. The number of aromatic nitrogens is 2. The Morgan fingerprint density at radius 3 is 2.63 bits per heavy atom. The molecule has 1 saturated carbocycles. The average molecular weight is 280 g/mol. The third-order valence-electron chi connectivity index (χ3n) is 3.49. The first-order valence-corrected chi connectivity index (χ1v) is 8.11. The molecule has 1 heterocycles. The molecule has 0 radical (unpaired) electrons. The zero-order valence-electron chi connectivity index (χ0n) is 12.2. The number of nitrogens with zero attached hydrogens (tertiary/aromatic N) is 2. The van der Waals surface area contributed by atoms with Crippen LogP contribution in [-0.4, -0.2) is 27.5 Å². The standard InChI is InChI=1S/C14H24N4S/c1-14(2,3)13-17-11(15)8-12(18-13)16-9-5-6-10(7-9)19-4/h8-10H,5-7H2,1-4H3,(H3,15,16,17,18). The number of nitrogens with two attached hydrogens (primary N) is 1. The van der Waals surface area contributed by atoms with Gasteiger partial charge in [0.1, 0.15) is 17.5 Å². The van der Waals surface area contributed by atoms with E-state index < -0.39 is 0 Å². The summed E-state index contributed by atoms with van der Waals surface area (Å²) in [5, 5.41) is 4.29. The van der Waals surface area contributed by atoms with Gasteiger partial charge in [0.25, 0.3) is 0 Å². The molecule has 1 aromatic heterocycles. The smallest absolute Gasteiger partial charge is 0.138 e. The van der Waals surface area contributed by atoms with E-state index in [0.717, 1.165) is 16.9 Å². The lowest BCUT2D eigenvalue weighted by Crippen LogP contribution is -2.21. The molecule has 0 aliphatic heterocycles. The molecule has 1 aromatic rings. The molecular weight excluding hydrogens is 256 g/mol. The van der Waals surface area contributed by atoms with Crippen molar-refractivity contribution in [2.45, 2.75) is 56.7 Å². The van der Waals surface area contributed by atoms with Gasteiger partial charge < -0.3 is 11.1 Å². The number of anilines is 2. The minimum atomic E-state index is -0.0801. The van der Waals surface area contributed by atoms with Gasteiger partial charge in [-0.05, 0) is 25.5 Å². The second kappa shape index (κ2) is 5.57. The Bertz CT molecular complexity index is 442. The van der Waals surface area contributed by atoms with Crippen molar-refractivity contribution in [3.05, 3.63) is 11.9 Å². The van der Waals surface area contributed by atoms with Gasteiger partial charge in [0.05, 0.1) is 0 Å². The Balaban J connectivity index is 2.11. The monoisotopic (exact) mass is 280 g/mol. The van der Waals surface area contributed by atoms with Gasteiger partial charge in [0, 0.05) is 22.8 Å². The summed E-state index contributed by atoms with van der Waals surface area (Å²) in [7, 11) is 0. The molecule has 106 valence electrons. The quantitative estimate of drug-likeness (QED) is 0.891. The molecular formula is C14H24N4S. The van der Waals surface area contributed by atoms with Crippen LogP contribution >= 0.6 is 11.8 Å². The first kappa shape index (κ1) is 14.4. The van der Waals surface area contributed by atoms with Crippen molar-refractivity contribution in [2.24, 2.45) is 0 Å². The normalized spacial score (nSPS) is 23.6. The van der Waals surface area contributed by atoms with Gasteiger partial charge in [-0.15, -0.1) is 0 Å². The highest BCUT2D eigenvalue weighted by Gasteiger charge is 2.25. The summed E-state index contributed by atoms with van der Waals surface area (Å²) in [4.78, 5) is 8.94. The number of hydrogen-bond acceptors (Lipinski definition) is 5. The Morgan fingerprint density at radius 2 is 2.05 bits per heavy atom. The third kappa shape index (κ3) is 3.75. The zero-order chi connectivity index (χ0) is 14.0. The minimum Gasteiger partial charge on any atom is -0.384 e. The summed E-state index contributed by atoms with van der Waals surface area (Å²) >= 11 is 1.96. The van der Waals surface area contributed by atoms with Crippen molar-refractivity contribution in [2.75, 3.05) is 17.3 Å². The minimum absolute atomic E-state index is 0.0801. The number of nitrogen functional groups attached to an aromatic ring is 1. The van der Waals surface area contributed by atoms with Crippen LogP contribution in [0, 0.1) is 0 Å². The van der Waals surface area contributed by atoms with E-state index in [1.54, 1.807) is 0 Å². The van der Waals surface area contributed by atoms with Crippen LogP contribution in [0.25, 0.3) is 0 Å². The Labute approximate surface area is 120 Å². The molecule has 4 nitrogen and oxygen atoms in total. The van der Waals surface area contributed by atoms with E-state index >= 15 is 0 Å². The van der Waals surface area contributed by atoms with E-state index in [0.29, 0.717) is 11.9 Å². The van der Waals surface area contributed by atoms with E-state index in [-0.39, 0.29) is 5.41 Å². The van der Waals surface area contributed by atoms with Crippen molar-refractivity contribution < 1.29 is 0 Å². The molecule has 0 bridgehead atoms. The Kier molecular flexibility index (Phi) is 4.23. The summed E-state index contributed by atoms with van der Waals surface area (Å²) in [6.45, 7) is 6.31. The number of rotatable bonds is 3. The maximum absolute atomic E-state index is 5.89. The predicted octanol–water partition coefficient (Wildman–Crippen LogP) is 3.05. The summed E-state index contributed by atoms with van der Waals surface area (Å²) in [5.74, 6) is 2.21. The molecule has 1 fully saturated rings. The largest absolute Gasteiger partial charge is 0.384 e. The first-order chi connectivity index (χ1) is 8.88. The lowest BCUT2D eigenvalue weighted by Gasteiger charge is -2.19. The van der Waals surface area contributed by atoms with Gasteiger partial charge in [-0.2, -0.15) is 11.8 Å². The number of thioether (sulfide) groups is 1. The van der Waals surface area contributed by atoms with Crippen LogP contribution in [0.3, 0.4) is 0 Å². The fraction of sp³-hybridized carbons (Fsp3) is 0.714. The molecule has 0 amide bonds. The van der Waals surface area contributed by atoms with Crippen molar-refractivity contribution >= 4 is 23.4 Å². The van der Waals surface area contributed by atoms with Crippen LogP contribution in [0.2, 0.25) is 0 Å². The molecule has 2 unspecified atom stereocenters. The van der Waals surface area contributed by atoms with Crippen LogP contribution in [0.4, 0.5) is 11.6 Å². The molecule has 5 heteroatoms. The van der Waals surface area contributed by atoms with Gasteiger partial charge in [-0.1, -0.05) is 20.8 Å². The summed E-state index contributed by atoms with van der Waals surface area (Å²) in [6, 6.07) is 2.35. The first-order valence-electron chi connectivity index (χ1n) is 6.83.